The monoisotopic (exact) mass is 309 g/mol. The van der Waals surface area contributed by atoms with Gasteiger partial charge in [0.2, 0.25) is 0 Å². The van der Waals surface area contributed by atoms with Gasteiger partial charge in [0.1, 0.15) is 11.8 Å². The lowest BCUT2D eigenvalue weighted by atomic mass is 10.1. The highest BCUT2D eigenvalue weighted by Gasteiger charge is 2.31. The largest absolute Gasteiger partial charge is 0.496 e. The molecule has 0 atom stereocenters. The van der Waals surface area contributed by atoms with Crippen LogP contribution in [0, 0.1) is 11.3 Å². The third-order valence-corrected chi connectivity index (χ3v) is 3.85. The van der Waals surface area contributed by atoms with Crippen molar-refractivity contribution < 1.29 is 17.9 Å². The van der Waals surface area contributed by atoms with Crippen molar-refractivity contribution in [2.75, 3.05) is 7.11 Å². The van der Waals surface area contributed by atoms with Crippen LogP contribution in [0.4, 0.5) is 13.2 Å². The Morgan fingerprint density at radius 3 is 2.43 bits per heavy atom. The number of benzene rings is 2. The van der Waals surface area contributed by atoms with Crippen molar-refractivity contribution >= 4 is 11.8 Å². The number of halogens is 3. The molecule has 2 aromatic carbocycles. The fourth-order valence-electron chi connectivity index (χ4n) is 1.70. The van der Waals surface area contributed by atoms with Gasteiger partial charge in [-0.3, -0.25) is 0 Å². The van der Waals surface area contributed by atoms with E-state index in [0.717, 1.165) is 17.0 Å². The standard InChI is InChI=1S/C15H10F3NOS/c1-20-12-4-2-3-5-14(12)21-13-7-6-11(15(16,17)18)8-10(13)9-19/h2-8H,1H3. The number of para-hydroxylation sites is 1. The van der Waals surface area contributed by atoms with Gasteiger partial charge >= 0.3 is 6.18 Å². The van der Waals surface area contributed by atoms with E-state index in [1.165, 1.54) is 24.9 Å². The number of alkyl halides is 3. The maximum atomic E-state index is 12.6. The number of nitrogens with zero attached hydrogens (tertiary/aromatic N) is 1. The number of rotatable bonds is 3. The van der Waals surface area contributed by atoms with Crippen molar-refractivity contribution in [3.63, 3.8) is 0 Å². The van der Waals surface area contributed by atoms with Crippen molar-refractivity contribution in [1.82, 2.24) is 0 Å². The van der Waals surface area contributed by atoms with Gasteiger partial charge in [-0.25, -0.2) is 0 Å². The van der Waals surface area contributed by atoms with Crippen LogP contribution in [0.2, 0.25) is 0 Å². The van der Waals surface area contributed by atoms with Gasteiger partial charge in [-0.2, -0.15) is 18.4 Å². The van der Waals surface area contributed by atoms with Crippen LogP contribution < -0.4 is 4.74 Å². The Kier molecular flexibility index (Phi) is 4.43. The lowest BCUT2D eigenvalue weighted by Crippen LogP contribution is -2.05. The van der Waals surface area contributed by atoms with Crippen LogP contribution in [-0.4, -0.2) is 7.11 Å². The molecule has 0 heterocycles. The molecule has 0 N–H and O–H groups in total. The van der Waals surface area contributed by atoms with E-state index in [1.54, 1.807) is 30.3 Å². The number of nitriles is 1. The van der Waals surface area contributed by atoms with Gasteiger partial charge < -0.3 is 4.74 Å². The lowest BCUT2D eigenvalue weighted by Gasteiger charge is -2.11. The van der Waals surface area contributed by atoms with E-state index < -0.39 is 11.7 Å². The van der Waals surface area contributed by atoms with Crippen molar-refractivity contribution in [2.45, 2.75) is 16.0 Å². The van der Waals surface area contributed by atoms with E-state index in [0.29, 0.717) is 10.6 Å². The van der Waals surface area contributed by atoms with Crippen molar-refractivity contribution in [2.24, 2.45) is 0 Å². The summed E-state index contributed by atoms with van der Waals surface area (Å²) in [6.07, 6.45) is -4.46. The molecule has 2 aromatic rings. The number of methoxy groups -OCH3 is 1. The summed E-state index contributed by atoms with van der Waals surface area (Å²) in [5.74, 6) is 0.603. The zero-order valence-corrected chi connectivity index (χ0v) is 11.8. The van der Waals surface area contributed by atoms with Gasteiger partial charge in [-0.15, -0.1) is 0 Å². The van der Waals surface area contributed by atoms with E-state index >= 15 is 0 Å². The maximum absolute atomic E-state index is 12.6. The van der Waals surface area contributed by atoms with Gasteiger partial charge in [0.25, 0.3) is 0 Å². The minimum Gasteiger partial charge on any atom is -0.496 e. The predicted molar refractivity (Wildman–Crippen MR) is 73.3 cm³/mol. The second-order valence-electron chi connectivity index (χ2n) is 4.07. The third kappa shape index (κ3) is 3.50. The smallest absolute Gasteiger partial charge is 0.416 e. The van der Waals surface area contributed by atoms with E-state index in [-0.39, 0.29) is 5.56 Å². The first-order valence-corrected chi connectivity index (χ1v) is 6.69. The first-order valence-electron chi connectivity index (χ1n) is 5.88. The van der Waals surface area contributed by atoms with Crippen LogP contribution in [-0.2, 0) is 6.18 Å². The summed E-state index contributed by atoms with van der Waals surface area (Å²) >= 11 is 1.19. The summed E-state index contributed by atoms with van der Waals surface area (Å²) in [7, 11) is 1.51. The Morgan fingerprint density at radius 1 is 1.10 bits per heavy atom. The van der Waals surface area contributed by atoms with Crippen LogP contribution in [0.3, 0.4) is 0 Å². The number of hydrogen-bond acceptors (Lipinski definition) is 3. The van der Waals surface area contributed by atoms with Crippen LogP contribution >= 0.6 is 11.8 Å². The van der Waals surface area contributed by atoms with Gasteiger partial charge in [0, 0.05) is 4.90 Å². The highest BCUT2D eigenvalue weighted by Crippen LogP contribution is 2.38. The second kappa shape index (κ2) is 6.10. The van der Waals surface area contributed by atoms with E-state index in [4.69, 9.17) is 10.00 Å². The van der Waals surface area contributed by atoms with Gasteiger partial charge in [-0.1, -0.05) is 23.9 Å². The molecule has 21 heavy (non-hydrogen) atoms. The van der Waals surface area contributed by atoms with Crippen LogP contribution in [0.25, 0.3) is 0 Å². The highest BCUT2D eigenvalue weighted by atomic mass is 32.2. The van der Waals surface area contributed by atoms with Crippen LogP contribution in [0.5, 0.6) is 5.75 Å². The summed E-state index contributed by atoms with van der Waals surface area (Å²) in [6, 6.07) is 12.1. The van der Waals surface area contributed by atoms with Crippen LogP contribution in [0.1, 0.15) is 11.1 Å². The highest BCUT2D eigenvalue weighted by molar-refractivity contribution is 7.99. The van der Waals surface area contributed by atoms with E-state index in [2.05, 4.69) is 0 Å². The fourth-order valence-corrected chi connectivity index (χ4v) is 2.69. The first-order chi connectivity index (χ1) is 9.95. The molecule has 0 spiro atoms. The Balaban J connectivity index is 2.39. The molecular formula is C15H10F3NOS. The third-order valence-electron chi connectivity index (χ3n) is 2.72. The summed E-state index contributed by atoms with van der Waals surface area (Å²) in [6.45, 7) is 0. The van der Waals surface area contributed by atoms with Crippen molar-refractivity contribution in [1.29, 1.82) is 5.26 Å². The molecule has 0 aromatic heterocycles. The molecule has 108 valence electrons. The Hall–Kier alpha value is -2.13. The SMILES string of the molecule is COc1ccccc1Sc1ccc(C(F)(F)F)cc1C#N. The second-order valence-corrected chi connectivity index (χ2v) is 5.16. The Labute approximate surface area is 124 Å². The predicted octanol–water partition coefficient (Wildman–Crippen LogP) is 4.74. The maximum Gasteiger partial charge on any atom is 0.416 e. The van der Waals surface area contributed by atoms with E-state index in [9.17, 15) is 13.2 Å². The normalized spacial score (nSPS) is 11.0. The molecule has 2 rings (SSSR count). The first kappa shape index (κ1) is 15.3. The van der Waals surface area contributed by atoms with Gasteiger partial charge in [0.05, 0.1) is 23.1 Å². The molecule has 0 saturated carbocycles. The van der Waals surface area contributed by atoms with E-state index in [1.807, 2.05) is 0 Å². The average molecular weight is 309 g/mol. The number of hydrogen-bond donors (Lipinski definition) is 0. The topological polar surface area (TPSA) is 33.0 Å². The van der Waals surface area contributed by atoms with Crippen molar-refractivity contribution in [3.8, 4) is 11.8 Å². The molecule has 0 bridgehead atoms. The molecule has 0 aliphatic heterocycles. The summed E-state index contributed by atoms with van der Waals surface area (Å²) < 4.78 is 43.1. The van der Waals surface area contributed by atoms with Gasteiger partial charge in [0.15, 0.2) is 0 Å². The van der Waals surface area contributed by atoms with Crippen LogP contribution in [0.15, 0.2) is 52.3 Å². The molecule has 0 amide bonds. The molecule has 0 fully saturated rings. The minimum absolute atomic E-state index is 0.0132. The lowest BCUT2D eigenvalue weighted by molar-refractivity contribution is -0.137. The molecule has 0 aliphatic carbocycles. The zero-order chi connectivity index (χ0) is 15.5. The molecular weight excluding hydrogens is 299 g/mol. The fraction of sp³-hybridized carbons (Fsp3) is 0.133. The summed E-state index contributed by atoms with van der Waals surface area (Å²) in [4.78, 5) is 1.19. The number of ether oxygens (including phenoxy) is 1. The van der Waals surface area contributed by atoms with Gasteiger partial charge in [-0.05, 0) is 30.3 Å². The molecule has 2 nitrogen and oxygen atoms in total. The average Bonchev–Trinajstić information content (AvgIpc) is 2.47. The summed E-state index contributed by atoms with van der Waals surface area (Å²) in [5, 5.41) is 9.05. The molecule has 0 aliphatic rings. The summed E-state index contributed by atoms with van der Waals surface area (Å²) in [5.41, 5.74) is -0.843. The molecule has 6 heteroatoms. The molecule has 0 unspecified atom stereocenters. The zero-order valence-electron chi connectivity index (χ0n) is 10.9. The Bertz CT molecular complexity index is 692. The quantitative estimate of drug-likeness (QED) is 0.821. The minimum atomic E-state index is -4.46. The molecule has 0 saturated heterocycles. The molecule has 0 radical (unpaired) electrons. The Morgan fingerprint density at radius 2 is 1.81 bits per heavy atom. The van der Waals surface area contributed by atoms with Crippen molar-refractivity contribution in [3.05, 3.63) is 53.6 Å².